The van der Waals surface area contributed by atoms with E-state index in [0.717, 1.165) is 0 Å². The maximum Gasteiger partial charge on any atom is 0.339 e. The predicted molar refractivity (Wildman–Crippen MR) is 91.8 cm³/mol. The Labute approximate surface area is 144 Å². The van der Waals surface area contributed by atoms with Crippen molar-refractivity contribution in [2.45, 2.75) is 0 Å². The van der Waals surface area contributed by atoms with Crippen molar-refractivity contribution in [1.29, 1.82) is 5.26 Å². The molecular formula is C18H15N3O4. The van der Waals surface area contributed by atoms with Crippen molar-refractivity contribution < 1.29 is 19.4 Å². The van der Waals surface area contributed by atoms with Crippen LogP contribution in [0, 0.1) is 11.3 Å². The number of aromatic hydroxyl groups is 1. The molecule has 0 fully saturated rings. The van der Waals surface area contributed by atoms with E-state index in [1.807, 2.05) is 0 Å². The Bertz CT molecular complexity index is 869. The number of rotatable bonds is 5. The van der Waals surface area contributed by atoms with Gasteiger partial charge in [-0.2, -0.15) is 5.26 Å². The van der Waals surface area contributed by atoms with Gasteiger partial charge in [0.25, 0.3) is 5.91 Å². The lowest BCUT2D eigenvalue weighted by Gasteiger charge is -2.08. The maximum atomic E-state index is 12.1. The number of phenols is 1. The third-order valence-electron chi connectivity index (χ3n) is 3.17. The second-order valence-corrected chi connectivity index (χ2v) is 4.86. The van der Waals surface area contributed by atoms with E-state index < -0.39 is 11.9 Å². The van der Waals surface area contributed by atoms with Crippen LogP contribution in [0.15, 0.2) is 60.3 Å². The van der Waals surface area contributed by atoms with Crippen LogP contribution in [-0.4, -0.2) is 24.1 Å². The first kappa shape index (κ1) is 17.6. The molecule has 0 radical (unpaired) electrons. The first-order valence-corrected chi connectivity index (χ1v) is 7.19. The van der Waals surface area contributed by atoms with Gasteiger partial charge in [0.05, 0.1) is 18.4 Å². The van der Waals surface area contributed by atoms with Gasteiger partial charge in [-0.15, -0.1) is 0 Å². The highest BCUT2D eigenvalue weighted by Gasteiger charge is 2.12. The Morgan fingerprint density at radius 3 is 2.64 bits per heavy atom. The van der Waals surface area contributed by atoms with E-state index in [1.165, 1.54) is 25.4 Å². The van der Waals surface area contributed by atoms with E-state index in [2.05, 4.69) is 15.4 Å². The molecule has 0 heterocycles. The van der Waals surface area contributed by atoms with Crippen molar-refractivity contribution in [3.05, 3.63) is 65.9 Å². The molecule has 0 bridgehead atoms. The van der Waals surface area contributed by atoms with Crippen molar-refractivity contribution >= 4 is 23.3 Å². The third-order valence-corrected chi connectivity index (χ3v) is 3.17. The quantitative estimate of drug-likeness (QED) is 0.439. The van der Waals surface area contributed by atoms with Crippen molar-refractivity contribution in [3.8, 4) is 11.8 Å². The van der Waals surface area contributed by atoms with Crippen molar-refractivity contribution in [1.82, 2.24) is 0 Å². The van der Waals surface area contributed by atoms with Crippen molar-refractivity contribution in [3.63, 3.8) is 0 Å². The van der Waals surface area contributed by atoms with Gasteiger partial charge in [0.2, 0.25) is 0 Å². The maximum absolute atomic E-state index is 12.1. The summed E-state index contributed by atoms with van der Waals surface area (Å²) in [5.74, 6) is -1.21. The molecule has 2 aromatic rings. The van der Waals surface area contributed by atoms with Crippen molar-refractivity contribution in [2.24, 2.45) is 0 Å². The van der Waals surface area contributed by atoms with E-state index in [0.29, 0.717) is 11.4 Å². The molecule has 25 heavy (non-hydrogen) atoms. The van der Waals surface area contributed by atoms with Gasteiger partial charge in [-0.25, -0.2) is 4.79 Å². The number of nitriles is 1. The highest BCUT2D eigenvalue weighted by molar-refractivity contribution is 6.07. The second kappa shape index (κ2) is 8.17. The highest BCUT2D eigenvalue weighted by Crippen LogP contribution is 2.18. The van der Waals surface area contributed by atoms with Crippen LogP contribution in [-0.2, 0) is 9.53 Å². The number of nitrogens with zero attached hydrogens (tertiary/aromatic N) is 1. The molecule has 0 spiro atoms. The molecule has 2 aromatic carbocycles. The topological polar surface area (TPSA) is 111 Å². The molecule has 7 heteroatoms. The second-order valence-electron chi connectivity index (χ2n) is 4.86. The van der Waals surface area contributed by atoms with E-state index in [4.69, 9.17) is 0 Å². The van der Waals surface area contributed by atoms with Gasteiger partial charge in [0, 0.05) is 18.0 Å². The summed E-state index contributed by atoms with van der Waals surface area (Å²) in [6, 6.07) is 14.3. The SMILES string of the molecule is COC(=O)c1ccccc1N/C=C(/C#N)C(=O)Nc1cccc(O)c1. The molecule has 0 unspecified atom stereocenters. The Hall–Kier alpha value is -3.79. The zero-order valence-corrected chi connectivity index (χ0v) is 13.3. The number of ether oxygens (including phenoxy) is 1. The zero-order valence-electron chi connectivity index (χ0n) is 13.3. The molecular weight excluding hydrogens is 322 g/mol. The lowest BCUT2D eigenvalue weighted by atomic mass is 10.2. The fourth-order valence-corrected chi connectivity index (χ4v) is 1.98. The average Bonchev–Trinajstić information content (AvgIpc) is 2.62. The smallest absolute Gasteiger partial charge is 0.339 e. The molecule has 0 aliphatic carbocycles. The number of nitrogens with one attached hydrogen (secondary N) is 2. The molecule has 0 aliphatic rings. The van der Waals surface area contributed by atoms with Gasteiger partial charge in [0.15, 0.2) is 0 Å². The number of anilines is 2. The summed E-state index contributed by atoms with van der Waals surface area (Å²) in [6.45, 7) is 0. The van der Waals surface area contributed by atoms with Crippen LogP contribution in [0.4, 0.5) is 11.4 Å². The molecule has 0 aliphatic heterocycles. The lowest BCUT2D eigenvalue weighted by Crippen LogP contribution is -2.15. The molecule has 0 atom stereocenters. The molecule has 0 saturated heterocycles. The zero-order chi connectivity index (χ0) is 18.2. The van der Waals surface area contributed by atoms with Crippen LogP contribution < -0.4 is 10.6 Å². The Balaban J connectivity index is 2.17. The monoisotopic (exact) mass is 337 g/mol. The molecule has 1 amide bonds. The van der Waals surface area contributed by atoms with Crippen LogP contribution in [0.1, 0.15) is 10.4 Å². The minimum atomic E-state index is -0.656. The summed E-state index contributed by atoms with van der Waals surface area (Å²) in [5, 5.41) is 23.8. The van der Waals surface area contributed by atoms with E-state index >= 15 is 0 Å². The van der Waals surface area contributed by atoms with Gasteiger partial charge in [-0.1, -0.05) is 18.2 Å². The summed E-state index contributed by atoms with van der Waals surface area (Å²) >= 11 is 0. The van der Waals surface area contributed by atoms with Gasteiger partial charge >= 0.3 is 5.97 Å². The molecule has 126 valence electrons. The highest BCUT2D eigenvalue weighted by atomic mass is 16.5. The van der Waals surface area contributed by atoms with Crippen molar-refractivity contribution in [2.75, 3.05) is 17.7 Å². The molecule has 7 nitrogen and oxygen atoms in total. The summed E-state index contributed by atoms with van der Waals surface area (Å²) in [4.78, 5) is 23.8. The summed E-state index contributed by atoms with van der Waals surface area (Å²) in [7, 11) is 1.26. The van der Waals surface area contributed by atoms with Crippen LogP contribution in [0.5, 0.6) is 5.75 Å². The molecule has 0 aromatic heterocycles. The number of carbonyl (C=O) groups is 2. The predicted octanol–water partition coefficient (Wildman–Crippen LogP) is 2.64. The number of phenolic OH excluding ortho intramolecular Hbond substituents is 1. The van der Waals surface area contributed by atoms with Gasteiger partial charge in [-0.3, -0.25) is 4.79 Å². The van der Waals surface area contributed by atoms with Crippen LogP contribution in [0.2, 0.25) is 0 Å². The van der Waals surface area contributed by atoms with Gasteiger partial charge in [-0.05, 0) is 24.3 Å². The number of esters is 1. The first-order chi connectivity index (χ1) is 12.0. The van der Waals surface area contributed by atoms with Crippen LogP contribution >= 0.6 is 0 Å². The fraction of sp³-hybridized carbons (Fsp3) is 0.0556. The van der Waals surface area contributed by atoms with Gasteiger partial charge < -0.3 is 20.5 Å². The largest absolute Gasteiger partial charge is 0.508 e. The number of methoxy groups -OCH3 is 1. The van der Waals surface area contributed by atoms with E-state index in [1.54, 1.807) is 42.5 Å². The normalized spacial score (nSPS) is 10.5. The number of para-hydroxylation sites is 1. The summed E-state index contributed by atoms with van der Waals surface area (Å²) in [5.41, 5.74) is 0.809. The minimum absolute atomic E-state index is 0.00887. The third kappa shape index (κ3) is 4.59. The number of amides is 1. The molecule has 3 N–H and O–H groups in total. The molecule has 0 saturated carbocycles. The summed E-state index contributed by atoms with van der Waals surface area (Å²) in [6.07, 6.45) is 1.19. The number of hydrogen-bond donors (Lipinski definition) is 3. The van der Waals surface area contributed by atoms with Gasteiger partial charge in [0.1, 0.15) is 17.4 Å². The Morgan fingerprint density at radius 1 is 1.20 bits per heavy atom. The number of hydrogen-bond acceptors (Lipinski definition) is 6. The number of benzene rings is 2. The first-order valence-electron chi connectivity index (χ1n) is 7.19. The van der Waals surface area contributed by atoms with Crippen LogP contribution in [0.25, 0.3) is 0 Å². The lowest BCUT2D eigenvalue weighted by molar-refractivity contribution is -0.112. The Morgan fingerprint density at radius 2 is 1.96 bits per heavy atom. The standard InChI is InChI=1S/C18H15N3O4/c1-25-18(24)15-7-2-3-8-16(15)20-11-12(10-19)17(23)21-13-5-4-6-14(22)9-13/h2-9,11,20,22H,1H3,(H,21,23)/b12-11-. The Kier molecular flexibility index (Phi) is 5.74. The number of carbonyl (C=O) groups excluding carboxylic acids is 2. The minimum Gasteiger partial charge on any atom is -0.508 e. The van der Waals surface area contributed by atoms with E-state index in [9.17, 15) is 20.0 Å². The average molecular weight is 337 g/mol. The fourth-order valence-electron chi connectivity index (χ4n) is 1.98. The summed E-state index contributed by atoms with van der Waals surface area (Å²) < 4.78 is 4.68. The molecule has 2 rings (SSSR count). The van der Waals surface area contributed by atoms with E-state index in [-0.39, 0.29) is 16.9 Å². The van der Waals surface area contributed by atoms with Crippen LogP contribution in [0.3, 0.4) is 0 Å².